The highest BCUT2D eigenvalue weighted by atomic mass is 79.9. The van der Waals surface area contributed by atoms with Crippen LogP contribution >= 0.6 is 15.9 Å². The molecule has 1 aromatic carbocycles. The zero-order valence-corrected chi connectivity index (χ0v) is 13.1. The number of ether oxygens (including phenoxy) is 1. The number of piperidine rings is 1. The minimum absolute atomic E-state index is 0.0957. The Morgan fingerprint density at radius 3 is 2.84 bits per heavy atom. The van der Waals surface area contributed by atoms with Crippen molar-refractivity contribution in [3.8, 4) is 5.75 Å². The van der Waals surface area contributed by atoms with E-state index in [2.05, 4.69) is 15.9 Å². The van der Waals surface area contributed by atoms with Gasteiger partial charge in [0.25, 0.3) is 0 Å². The van der Waals surface area contributed by atoms with Gasteiger partial charge in [0.1, 0.15) is 10.6 Å². The molecule has 0 aromatic heterocycles. The molecule has 0 spiro atoms. The smallest absolute Gasteiger partial charge is 0.246 e. The first-order valence-electron chi connectivity index (χ1n) is 6.04. The van der Waals surface area contributed by atoms with Crippen LogP contribution in [0.4, 0.5) is 0 Å². The summed E-state index contributed by atoms with van der Waals surface area (Å²) in [7, 11) is -2.10. The maximum absolute atomic E-state index is 12.6. The minimum atomic E-state index is -3.56. The van der Waals surface area contributed by atoms with Crippen molar-refractivity contribution < 1.29 is 13.2 Å². The van der Waals surface area contributed by atoms with Crippen LogP contribution in [0.15, 0.2) is 27.6 Å². The van der Waals surface area contributed by atoms with Crippen LogP contribution in [-0.4, -0.2) is 39.0 Å². The SMILES string of the molecule is COc1ccc(Br)cc1S(=O)(=O)N1CCC[C@@H](N)C1. The summed E-state index contributed by atoms with van der Waals surface area (Å²) in [6, 6.07) is 4.86. The molecule has 7 heteroatoms. The monoisotopic (exact) mass is 348 g/mol. The Morgan fingerprint density at radius 1 is 1.47 bits per heavy atom. The molecule has 2 N–H and O–H groups in total. The van der Waals surface area contributed by atoms with Crippen LogP contribution in [0, 0.1) is 0 Å². The van der Waals surface area contributed by atoms with E-state index >= 15 is 0 Å². The second-order valence-corrected chi connectivity index (χ2v) is 7.38. The Kier molecular flexibility index (Phi) is 4.50. The highest BCUT2D eigenvalue weighted by molar-refractivity contribution is 9.10. The molecule has 0 aliphatic carbocycles. The van der Waals surface area contributed by atoms with E-state index in [-0.39, 0.29) is 10.9 Å². The quantitative estimate of drug-likeness (QED) is 0.899. The molecule has 0 radical (unpaired) electrons. The van der Waals surface area contributed by atoms with Gasteiger partial charge in [-0.3, -0.25) is 0 Å². The molecule has 0 saturated carbocycles. The molecule has 1 aliphatic heterocycles. The Balaban J connectivity index is 2.41. The van der Waals surface area contributed by atoms with Gasteiger partial charge in [0, 0.05) is 23.6 Å². The predicted molar refractivity (Wildman–Crippen MR) is 76.7 cm³/mol. The molecular formula is C12H17BrN2O3S. The molecule has 106 valence electrons. The molecule has 1 aliphatic rings. The van der Waals surface area contributed by atoms with Crippen molar-refractivity contribution in [3.63, 3.8) is 0 Å². The third-order valence-corrected chi connectivity index (χ3v) is 5.54. The van der Waals surface area contributed by atoms with E-state index in [1.54, 1.807) is 18.2 Å². The predicted octanol–water partition coefficient (Wildman–Crippen LogP) is 1.57. The summed E-state index contributed by atoms with van der Waals surface area (Å²) in [5.41, 5.74) is 5.85. The molecule has 1 atom stereocenters. The summed E-state index contributed by atoms with van der Waals surface area (Å²) in [6.45, 7) is 0.865. The van der Waals surface area contributed by atoms with E-state index in [9.17, 15) is 8.42 Å². The fourth-order valence-electron chi connectivity index (χ4n) is 2.18. The van der Waals surface area contributed by atoms with E-state index in [1.807, 2.05) is 0 Å². The highest BCUT2D eigenvalue weighted by Gasteiger charge is 2.31. The van der Waals surface area contributed by atoms with Gasteiger partial charge in [0.15, 0.2) is 0 Å². The second-order valence-electron chi connectivity index (χ2n) is 4.56. The zero-order chi connectivity index (χ0) is 14.0. The van der Waals surface area contributed by atoms with Gasteiger partial charge in [-0.05, 0) is 31.0 Å². The Hall–Kier alpha value is -0.630. The van der Waals surface area contributed by atoms with Crippen LogP contribution < -0.4 is 10.5 Å². The summed E-state index contributed by atoms with van der Waals surface area (Å²) >= 11 is 3.29. The van der Waals surface area contributed by atoms with Gasteiger partial charge in [-0.15, -0.1) is 0 Å². The van der Waals surface area contributed by atoms with Gasteiger partial charge in [-0.1, -0.05) is 15.9 Å². The van der Waals surface area contributed by atoms with Crippen molar-refractivity contribution >= 4 is 26.0 Å². The van der Waals surface area contributed by atoms with Crippen LogP contribution in [0.3, 0.4) is 0 Å². The fourth-order valence-corrected chi connectivity index (χ4v) is 4.41. The third-order valence-electron chi connectivity index (χ3n) is 3.16. The van der Waals surface area contributed by atoms with Crippen LogP contribution in [-0.2, 0) is 10.0 Å². The molecule has 0 bridgehead atoms. The number of sulfonamides is 1. The van der Waals surface area contributed by atoms with E-state index in [0.717, 1.165) is 12.8 Å². The van der Waals surface area contributed by atoms with Gasteiger partial charge < -0.3 is 10.5 Å². The first kappa shape index (κ1) is 14.8. The lowest BCUT2D eigenvalue weighted by molar-refractivity contribution is 0.314. The second kappa shape index (κ2) is 5.78. The maximum atomic E-state index is 12.6. The van der Waals surface area contributed by atoms with Crippen molar-refractivity contribution in [2.45, 2.75) is 23.8 Å². The summed E-state index contributed by atoms with van der Waals surface area (Å²) in [5.74, 6) is 0.349. The van der Waals surface area contributed by atoms with Gasteiger partial charge in [0.2, 0.25) is 10.0 Å². The summed E-state index contributed by atoms with van der Waals surface area (Å²) < 4.78 is 32.6. The number of halogens is 1. The largest absolute Gasteiger partial charge is 0.495 e. The third kappa shape index (κ3) is 3.10. The van der Waals surface area contributed by atoms with Crippen LogP contribution in [0.5, 0.6) is 5.75 Å². The number of hydrogen-bond acceptors (Lipinski definition) is 4. The summed E-state index contributed by atoms with van der Waals surface area (Å²) in [6.07, 6.45) is 1.65. The van der Waals surface area contributed by atoms with Crippen molar-refractivity contribution in [2.75, 3.05) is 20.2 Å². The molecule has 2 rings (SSSR count). The normalized spacial score (nSPS) is 21.3. The molecule has 1 aromatic rings. The molecule has 19 heavy (non-hydrogen) atoms. The number of nitrogens with two attached hydrogens (primary N) is 1. The maximum Gasteiger partial charge on any atom is 0.246 e. The van der Waals surface area contributed by atoms with Crippen molar-refractivity contribution in [3.05, 3.63) is 22.7 Å². The van der Waals surface area contributed by atoms with Gasteiger partial charge in [-0.25, -0.2) is 8.42 Å². The Labute approximate surface area is 121 Å². The van der Waals surface area contributed by atoms with Crippen LogP contribution in [0.25, 0.3) is 0 Å². The average molecular weight is 349 g/mol. The number of hydrogen-bond donors (Lipinski definition) is 1. The molecule has 1 saturated heterocycles. The fraction of sp³-hybridized carbons (Fsp3) is 0.500. The molecule has 1 heterocycles. The van der Waals surface area contributed by atoms with Crippen LogP contribution in [0.2, 0.25) is 0 Å². The van der Waals surface area contributed by atoms with Crippen molar-refractivity contribution in [1.29, 1.82) is 0 Å². The number of nitrogens with zero attached hydrogens (tertiary/aromatic N) is 1. The van der Waals surface area contributed by atoms with Crippen molar-refractivity contribution in [2.24, 2.45) is 5.73 Å². The van der Waals surface area contributed by atoms with E-state index in [1.165, 1.54) is 11.4 Å². The molecule has 0 unspecified atom stereocenters. The summed E-state index contributed by atoms with van der Waals surface area (Å²) in [4.78, 5) is 0.179. The van der Waals surface area contributed by atoms with Gasteiger partial charge in [0.05, 0.1) is 7.11 Å². The zero-order valence-electron chi connectivity index (χ0n) is 10.7. The van der Waals surface area contributed by atoms with Gasteiger partial charge >= 0.3 is 0 Å². The molecule has 5 nitrogen and oxygen atoms in total. The lowest BCUT2D eigenvalue weighted by Crippen LogP contribution is -2.45. The van der Waals surface area contributed by atoms with Crippen molar-refractivity contribution in [1.82, 2.24) is 4.31 Å². The minimum Gasteiger partial charge on any atom is -0.495 e. The molecule has 0 amide bonds. The standard InChI is InChI=1S/C12H17BrN2O3S/c1-18-11-5-4-9(13)7-12(11)19(16,17)15-6-2-3-10(14)8-15/h4-5,7,10H,2-3,6,8,14H2,1H3/t10-/m1/s1. The first-order valence-corrected chi connectivity index (χ1v) is 8.27. The number of benzene rings is 1. The van der Waals surface area contributed by atoms with E-state index < -0.39 is 10.0 Å². The summed E-state index contributed by atoms with van der Waals surface area (Å²) in [5, 5.41) is 0. The Morgan fingerprint density at radius 2 is 2.21 bits per heavy atom. The van der Waals surface area contributed by atoms with E-state index in [0.29, 0.717) is 23.3 Å². The lowest BCUT2D eigenvalue weighted by Gasteiger charge is -2.30. The topological polar surface area (TPSA) is 72.6 Å². The van der Waals surface area contributed by atoms with Gasteiger partial charge in [-0.2, -0.15) is 4.31 Å². The molecular weight excluding hydrogens is 332 g/mol. The lowest BCUT2D eigenvalue weighted by atomic mass is 10.1. The Bertz CT molecular complexity index is 562. The highest BCUT2D eigenvalue weighted by Crippen LogP contribution is 2.30. The average Bonchev–Trinajstić information content (AvgIpc) is 2.38. The van der Waals surface area contributed by atoms with E-state index in [4.69, 9.17) is 10.5 Å². The number of rotatable bonds is 3. The van der Waals surface area contributed by atoms with Crippen LogP contribution in [0.1, 0.15) is 12.8 Å². The number of methoxy groups -OCH3 is 1. The molecule has 1 fully saturated rings. The first-order chi connectivity index (χ1) is 8.95.